The summed E-state index contributed by atoms with van der Waals surface area (Å²) in [5.41, 5.74) is 13.0. The minimum atomic E-state index is -2.55. The van der Waals surface area contributed by atoms with Crippen LogP contribution in [-0.4, -0.2) is 159 Å². The minimum absolute atomic E-state index is 0. The van der Waals surface area contributed by atoms with Crippen molar-refractivity contribution in [2.45, 2.75) is 92.2 Å². The predicted molar refractivity (Wildman–Crippen MR) is 478 cm³/mol. The molecule has 6 N–H and O–H groups in total. The number of nitrogens with two attached hydrogens (primary N) is 1. The van der Waals surface area contributed by atoms with Crippen LogP contribution in [0.25, 0.3) is 50.3 Å². The Morgan fingerprint density at radius 3 is 1.03 bits per heavy atom. The molecule has 670 valence electrons. The Bertz CT molecular complexity index is 4670. The molecular formula is C69H87F2I5N14O24S3V2Y3-7. The van der Waals surface area contributed by atoms with Gasteiger partial charge in [-0.25, -0.2) is 47.7 Å². The number of amides is 4. The van der Waals surface area contributed by atoms with Gasteiger partial charge in [0, 0.05) is 196 Å². The Kier molecular flexibility index (Phi) is 68.1. The fraction of sp³-hybridized carbons (Fsp3) is 0.333. The maximum Gasteiger partial charge on any atom is 0 e. The van der Waals surface area contributed by atoms with Gasteiger partial charge in [0.15, 0.2) is 34.3 Å². The summed E-state index contributed by atoms with van der Waals surface area (Å²) in [6.07, 6.45) is 2.30. The largest absolute Gasteiger partial charge is 0.693 e. The molecule has 0 bridgehead atoms. The summed E-state index contributed by atoms with van der Waals surface area (Å²) in [7, 11) is 4.60. The summed E-state index contributed by atoms with van der Waals surface area (Å²) >= 11 is 12.1. The molecule has 0 atom stereocenters. The van der Waals surface area contributed by atoms with Gasteiger partial charge in [-0.05, 0) is 144 Å². The second kappa shape index (κ2) is 64.6. The number of pyridine rings is 6. The van der Waals surface area contributed by atoms with Crippen LogP contribution < -0.4 is 42.5 Å². The van der Waals surface area contributed by atoms with Crippen LogP contribution in [0.5, 0.6) is 23.0 Å². The molecule has 0 unspecified atom stereocenters. The summed E-state index contributed by atoms with van der Waals surface area (Å²) in [5.74, 6) is -3.72. The first kappa shape index (κ1) is 129. The van der Waals surface area contributed by atoms with E-state index in [1.54, 1.807) is 98.7 Å². The van der Waals surface area contributed by atoms with Crippen LogP contribution in [0.15, 0.2) is 91.4 Å². The minimum Gasteiger partial charge on any atom is -0.693 e. The van der Waals surface area contributed by atoms with Crippen LogP contribution in [0.4, 0.5) is 40.6 Å². The molecule has 53 heteroatoms. The normalized spacial score (nSPS) is 10.0. The number of carbonyl (C=O) groups is 8. The quantitative estimate of drug-likeness (QED) is 0.0190. The first-order valence-electron chi connectivity index (χ1n) is 31.8. The van der Waals surface area contributed by atoms with Crippen LogP contribution in [0.2, 0.25) is 0 Å². The van der Waals surface area contributed by atoms with E-state index in [9.17, 15) is 72.4 Å². The number of carbonyl (C=O) groups excluding carboxylic acids is 8. The zero-order chi connectivity index (χ0) is 88.9. The molecule has 0 saturated heterocycles. The monoisotopic (exact) mass is 2630 g/mol. The molecule has 0 aliphatic rings. The van der Waals surface area contributed by atoms with Gasteiger partial charge in [0.05, 0.1) is 48.6 Å². The number of aromatic nitrogens is 6. The number of esters is 3. The third-order valence-corrected chi connectivity index (χ3v) is 14.8. The van der Waals surface area contributed by atoms with E-state index in [0.29, 0.717) is 53.3 Å². The number of hydrogen-bond acceptors (Lipinski definition) is 33. The van der Waals surface area contributed by atoms with E-state index in [4.69, 9.17) is 35.2 Å². The van der Waals surface area contributed by atoms with Gasteiger partial charge in [0.1, 0.15) is 68.2 Å². The molecule has 2 aromatic carbocycles. The predicted octanol–water partition coefficient (Wildman–Crippen LogP) is 16.8. The number of ether oxygens (including phenoxy) is 10. The number of hydrogen-bond donors (Lipinski definition) is 2. The molecule has 0 aliphatic heterocycles. The summed E-state index contributed by atoms with van der Waals surface area (Å²) < 4.78 is 144. The molecule has 0 fully saturated rings. The molecule has 0 spiro atoms. The van der Waals surface area contributed by atoms with Crippen molar-refractivity contribution in [3.63, 3.8) is 0 Å². The van der Waals surface area contributed by atoms with Crippen molar-refractivity contribution in [3.8, 4) is 23.0 Å². The van der Waals surface area contributed by atoms with Crippen LogP contribution in [0.1, 0.15) is 117 Å². The summed E-state index contributed by atoms with van der Waals surface area (Å²) in [6.45, 7) is 15.8. The molecule has 3 radical (unpaired) electrons. The average Bonchev–Trinajstić information content (AvgIpc) is 0.779. The molecule has 0 aliphatic carbocycles. The standard InChI is InChI=1S/C13H17FN2O3.C13H16FNO4.3C12H12N3O5S.C5H11NO2.2CH3.5HI.H2N.2V.3Y/c1-13(2,3)19-12(18)16-7-8-4-5-9(14)6-10(8)11(15)17;1-13(2,3)19-12(17)15-7-9-4-5-10(14)6-11(9)18-8-16;3*1-15(21(17)18)11-7-5-4-6-13-8(7)10(19-2)9(14-11)12(16)20-3;1-5(2,3)8-4(6)7;;;;;;;;;;;;;/h4-6H,7H2,1-3H3,(H3,15,16,17,18);4-6,8H,7H2,1-3H3,(H,15,17);3*4-6H,1-3H3;1-3H3,(H2,6,7);2*1H3;5*1H;1H2;;;;;/q;;3*-1;;2*-1;;;;;;-1;+2;+3;;;/p-6. The summed E-state index contributed by atoms with van der Waals surface area (Å²) in [6, 6.07) is 17.0. The van der Waals surface area contributed by atoms with E-state index in [1.807, 2.05) is 0 Å². The smallest absolute Gasteiger partial charge is 0 e. The van der Waals surface area contributed by atoms with Gasteiger partial charge in [-0.1, -0.05) is 12.1 Å². The van der Waals surface area contributed by atoms with Gasteiger partial charge in [-0.3, -0.25) is 24.5 Å². The van der Waals surface area contributed by atoms with E-state index in [2.05, 4.69) is 164 Å². The van der Waals surface area contributed by atoms with Gasteiger partial charge < -0.3 is 133 Å². The number of rotatable bonds is 19. The van der Waals surface area contributed by atoms with Crippen molar-refractivity contribution in [2.75, 3.05) is 76.7 Å². The van der Waals surface area contributed by atoms with E-state index >= 15 is 0 Å². The van der Waals surface area contributed by atoms with E-state index in [-0.39, 0.29) is 208 Å². The number of fused-ring (bicyclic) bond motifs is 3. The molecule has 8 rings (SSSR count). The topological polar surface area (TPSA) is 524 Å². The number of halogens is 7. The van der Waals surface area contributed by atoms with Gasteiger partial charge in [0.25, 0.3) is 6.47 Å². The Balaban J connectivity index is -0.000000259. The number of anilines is 3. The molecular weight excluding hydrogens is 2550 g/mol. The Morgan fingerprint density at radius 1 is 0.516 bits per heavy atom. The molecule has 0 saturated carbocycles. The van der Waals surface area contributed by atoms with Gasteiger partial charge in [0.2, 0.25) is 6.09 Å². The van der Waals surface area contributed by atoms with E-state index in [0.717, 1.165) is 25.0 Å². The third kappa shape index (κ3) is 45.7. The van der Waals surface area contributed by atoms with Crippen molar-refractivity contribution in [1.82, 2.24) is 40.5 Å². The number of methoxy groups -OCH3 is 6. The number of alkyl carbamates (subject to hydrolysis) is 2. The summed E-state index contributed by atoms with van der Waals surface area (Å²) in [5, 5.41) is 6.26. The van der Waals surface area contributed by atoms with Crippen molar-refractivity contribution in [1.29, 1.82) is 0 Å². The molecule has 6 heterocycles. The second-order valence-corrected chi connectivity index (χ2v) is 74.4. The number of benzene rings is 2. The zero-order valence-corrected chi connectivity index (χ0v) is 93.6. The van der Waals surface area contributed by atoms with Crippen LogP contribution in [0.3, 0.4) is 0 Å². The maximum atomic E-state index is 13.0. The van der Waals surface area contributed by atoms with Crippen molar-refractivity contribution in [2.24, 2.45) is 0 Å². The Hall–Kier alpha value is -4.12. The number of nitrogens with one attached hydrogen (secondary N) is 4. The van der Waals surface area contributed by atoms with Crippen molar-refractivity contribution < 1.29 is 234 Å². The maximum absolute atomic E-state index is 13.0. The molecule has 38 nitrogen and oxygen atoms in total. The average molecular weight is 2630 g/mol. The molecule has 4 amide bonds. The van der Waals surface area contributed by atoms with Crippen LogP contribution >= 0.6 is 99.9 Å². The van der Waals surface area contributed by atoms with Crippen molar-refractivity contribution >= 4 is 231 Å². The van der Waals surface area contributed by atoms with E-state index < -0.39 is 103 Å². The number of nitrogens with zero attached hydrogens (tertiary/aromatic N) is 9. The van der Waals surface area contributed by atoms with Gasteiger partial charge >= 0.3 is 146 Å². The second-order valence-electron chi connectivity index (χ2n) is 24.3. The zero-order valence-electron chi connectivity index (χ0n) is 70.0. The first-order valence-corrected chi connectivity index (χ1v) is 57.5. The Morgan fingerprint density at radius 2 is 0.795 bits per heavy atom. The molecule has 6 aromatic heterocycles. The fourth-order valence-electron chi connectivity index (χ4n) is 8.50. The molecule has 8 aromatic rings. The van der Waals surface area contributed by atoms with Gasteiger partial charge in [-0.2, -0.15) is 0 Å². The molecule has 122 heavy (non-hydrogen) atoms. The first-order chi connectivity index (χ1) is 54.1. The van der Waals surface area contributed by atoms with Crippen LogP contribution in [-0.2, 0) is 217 Å². The van der Waals surface area contributed by atoms with Crippen LogP contribution in [0, 0.1) is 26.5 Å². The SMILES string of the molecule is CC(C)(C)OC(=O)NCc1ccc(F)cc1C([NH-])=O.CC(C)(C)OC(=O)NCc1ccc(F)cc1OC=O.CC(C)(C)OC([NH-])=O.COC(=O)c1nc(N(C)[S-](=O)=O)c2cccnc2c1OC.COC(=O)c1nc(N(C)[S-](=O)=O)c2cccnc2c1OC.COC(=O)c1nc(N(C)[S-](=O)=O)c2cccnc2c1OC.[CH3-].[CH3-].[H+].[I][V]([I])[I].[I][V][I].[NH2-].[Y].[Y].[Y]. The van der Waals surface area contributed by atoms with Crippen molar-refractivity contribution in [3.05, 3.63) is 169 Å². The fourth-order valence-corrected chi connectivity index (χ4v) is 9.34. The van der Waals surface area contributed by atoms with Gasteiger partial charge in [-0.15, -0.1) is 0 Å². The third-order valence-electron chi connectivity index (χ3n) is 13.0. The Labute approximate surface area is 854 Å². The summed E-state index contributed by atoms with van der Waals surface area (Å²) in [4.78, 5) is 114. The van der Waals surface area contributed by atoms with E-state index in [1.165, 1.54) is 107 Å².